The third-order valence-electron chi connectivity index (χ3n) is 1.85. The van der Waals surface area contributed by atoms with Gasteiger partial charge in [-0.25, -0.2) is 0 Å². The maximum Gasteiger partial charge on any atom is 2.00 e. The van der Waals surface area contributed by atoms with E-state index < -0.39 is 0 Å². The standard InChI is InChI=1S/C8H19N4.CH4O.CH3.ClH.Ti/c1-2-10-5-6-12-8-7-11-4-3-9-1;1-2;;;/h9-11H,1-8H2;2H,1H3;1H3;1H;/q-1;;-1;;+2. The van der Waals surface area contributed by atoms with E-state index in [-0.39, 0.29) is 41.6 Å². The average molecular weight is 303 g/mol. The zero-order valence-corrected chi connectivity index (χ0v) is 13.3. The monoisotopic (exact) mass is 302 g/mol. The fourth-order valence-electron chi connectivity index (χ4n) is 1.16. The summed E-state index contributed by atoms with van der Waals surface area (Å²) in [7, 11) is 1.00. The van der Waals surface area contributed by atoms with Gasteiger partial charge in [0.2, 0.25) is 0 Å². The van der Waals surface area contributed by atoms with Gasteiger partial charge in [-0.15, -0.1) is 25.5 Å². The Morgan fingerprint density at radius 1 is 0.765 bits per heavy atom. The minimum atomic E-state index is 0. The Bertz CT molecular complexity index is 71.3. The molecule has 1 heterocycles. The molecule has 0 bridgehead atoms. The van der Waals surface area contributed by atoms with Gasteiger partial charge in [-0.2, -0.15) is 0 Å². The van der Waals surface area contributed by atoms with Crippen LogP contribution in [0.2, 0.25) is 0 Å². The normalized spacial score (nSPS) is 17.3. The molecule has 1 aliphatic rings. The summed E-state index contributed by atoms with van der Waals surface area (Å²) in [5, 5.41) is 21.4. The number of halogens is 1. The van der Waals surface area contributed by atoms with Gasteiger partial charge >= 0.3 is 21.7 Å². The number of hydrogen-bond acceptors (Lipinski definition) is 4. The van der Waals surface area contributed by atoms with Gasteiger partial charge in [0, 0.05) is 33.3 Å². The summed E-state index contributed by atoms with van der Waals surface area (Å²) in [5.41, 5.74) is 0. The molecule has 4 N–H and O–H groups in total. The van der Waals surface area contributed by atoms with Crippen molar-refractivity contribution in [2.45, 2.75) is 0 Å². The van der Waals surface area contributed by atoms with Gasteiger partial charge in [0.05, 0.1) is 0 Å². The van der Waals surface area contributed by atoms with Crippen LogP contribution in [0.4, 0.5) is 0 Å². The van der Waals surface area contributed by atoms with E-state index in [1.807, 2.05) is 0 Å². The molecule has 0 aromatic carbocycles. The average Bonchev–Trinajstić information content (AvgIpc) is 2.22. The molecule has 7 heteroatoms. The Hall–Kier alpha value is 0.804. The number of aliphatic hydroxyl groups is 1. The molecule has 0 saturated carbocycles. The van der Waals surface area contributed by atoms with E-state index in [4.69, 9.17) is 5.11 Å². The molecular formula is C10H27ClN4OTi. The molecule has 0 aromatic heterocycles. The molecule has 5 nitrogen and oxygen atoms in total. The van der Waals surface area contributed by atoms with Crippen molar-refractivity contribution in [3.8, 4) is 0 Å². The minimum Gasteiger partial charge on any atom is -0.660 e. The molecule has 0 aromatic rings. The summed E-state index contributed by atoms with van der Waals surface area (Å²) >= 11 is 0. The summed E-state index contributed by atoms with van der Waals surface area (Å²) < 4.78 is 0. The fraction of sp³-hybridized carbons (Fsp3) is 0.900. The van der Waals surface area contributed by atoms with Gasteiger partial charge in [0.25, 0.3) is 0 Å². The van der Waals surface area contributed by atoms with Crippen LogP contribution in [-0.2, 0) is 21.7 Å². The quantitative estimate of drug-likeness (QED) is 0.364. The van der Waals surface area contributed by atoms with Crippen molar-refractivity contribution in [1.29, 1.82) is 0 Å². The van der Waals surface area contributed by atoms with Crippen molar-refractivity contribution in [3.05, 3.63) is 12.7 Å². The molecule has 1 rings (SSSR count). The zero-order valence-electron chi connectivity index (χ0n) is 11.0. The van der Waals surface area contributed by atoms with Crippen LogP contribution in [0.3, 0.4) is 0 Å². The Labute approximate surface area is 127 Å². The maximum absolute atomic E-state index is 7.00. The molecule has 104 valence electrons. The molecule has 17 heavy (non-hydrogen) atoms. The van der Waals surface area contributed by atoms with Gasteiger partial charge in [-0.3, -0.25) is 0 Å². The van der Waals surface area contributed by atoms with Crippen LogP contribution in [0.1, 0.15) is 0 Å². The first-order chi connectivity index (χ1) is 7.00. The third-order valence-corrected chi connectivity index (χ3v) is 1.85. The minimum absolute atomic E-state index is 0. The number of nitrogens with one attached hydrogen (secondary N) is 3. The first-order valence-electron chi connectivity index (χ1n) is 5.20. The molecule has 0 amide bonds. The van der Waals surface area contributed by atoms with Crippen molar-refractivity contribution in [2.24, 2.45) is 0 Å². The zero-order chi connectivity index (χ0) is 10.5. The van der Waals surface area contributed by atoms with Gasteiger partial charge in [0.1, 0.15) is 0 Å². The molecule has 0 atom stereocenters. The second-order valence-electron chi connectivity index (χ2n) is 2.92. The molecular weight excluding hydrogens is 275 g/mol. The summed E-state index contributed by atoms with van der Waals surface area (Å²) in [5.74, 6) is 0. The number of hydrogen-bond donors (Lipinski definition) is 4. The van der Waals surface area contributed by atoms with E-state index in [1.54, 1.807) is 0 Å². The molecule has 0 unspecified atom stereocenters. The smallest absolute Gasteiger partial charge is 0.660 e. The van der Waals surface area contributed by atoms with Crippen LogP contribution in [0.25, 0.3) is 5.32 Å². The van der Waals surface area contributed by atoms with Gasteiger partial charge < -0.3 is 33.8 Å². The molecule has 0 radical (unpaired) electrons. The number of rotatable bonds is 0. The van der Waals surface area contributed by atoms with Crippen molar-refractivity contribution in [2.75, 3.05) is 59.5 Å². The number of aliphatic hydroxyl groups excluding tert-OH is 1. The van der Waals surface area contributed by atoms with Crippen LogP contribution in [0.15, 0.2) is 0 Å². The van der Waals surface area contributed by atoms with E-state index in [0.29, 0.717) is 0 Å². The predicted molar refractivity (Wildman–Crippen MR) is 73.5 cm³/mol. The molecule has 0 spiro atoms. The van der Waals surface area contributed by atoms with Crippen LogP contribution >= 0.6 is 12.4 Å². The van der Waals surface area contributed by atoms with Gasteiger partial charge in [-0.05, 0) is 13.1 Å². The van der Waals surface area contributed by atoms with Crippen LogP contribution in [-0.4, -0.2) is 64.6 Å². The maximum atomic E-state index is 7.00. The molecule has 1 fully saturated rings. The third kappa shape index (κ3) is 22.5. The largest absolute Gasteiger partial charge is 2.00 e. The molecule has 0 aliphatic carbocycles. The van der Waals surface area contributed by atoms with Crippen molar-refractivity contribution in [3.63, 3.8) is 0 Å². The van der Waals surface area contributed by atoms with Gasteiger partial charge in [-0.1, -0.05) is 0 Å². The Morgan fingerprint density at radius 3 is 1.41 bits per heavy atom. The van der Waals surface area contributed by atoms with E-state index in [1.165, 1.54) is 0 Å². The first kappa shape index (κ1) is 26.4. The fourth-order valence-corrected chi connectivity index (χ4v) is 1.16. The molecule has 1 saturated heterocycles. The Kier molecular flexibility index (Phi) is 39.7. The number of nitrogens with zero attached hydrogens (tertiary/aromatic N) is 1. The van der Waals surface area contributed by atoms with Crippen molar-refractivity contribution < 1.29 is 26.8 Å². The topological polar surface area (TPSA) is 70.4 Å². The SMILES string of the molecule is C1CNCCNCCNCC[N-]1.CO.Cl.[CH3-].[Ti+2]. The summed E-state index contributed by atoms with van der Waals surface area (Å²) in [4.78, 5) is 0. The first-order valence-corrected chi connectivity index (χ1v) is 5.20. The Morgan fingerprint density at radius 2 is 1.06 bits per heavy atom. The van der Waals surface area contributed by atoms with Crippen LogP contribution in [0.5, 0.6) is 0 Å². The van der Waals surface area contributed by atoms with Crippen molar-refractivity contribution in [1.82, 2.24) is 16.0 Å². The summed E-state index contributed by atoms with van der Waals surface area (Å²) in [6, 6.07) is 0. The van der Waals surface area contributed by atoms with Gasteiger partial charge in [0.15, 0.2) is 0 Å². The van der Waals surface area contributed by atoms with E-state index in [0.717, 1.165) is 59.5 Å². The van der Waals surface area contributed by atoms with E-state index in [2.05, 4.69) is 21.3 Å². The van der Waals surface area contributed by atoms with Crippen LogP contribution in [0, 0.1) is 7.43 Å². The second-order valence-corrected chi connectivity index (χ2v) is 2.92. The second kappa shape index (κ2) is 25.6. The summed E-state index contributed by atoms with van der Waals surface area (Å²) in [6.45, 7) is 8.14. The van der Waals surface area contributed by atoms with Crippen LogP contribution < -0.4 is 16.0 Å². The predicted octanol–water partition coefficient (Wildman–Crippen LogP) is -0.379. The van der Waals surface area contributed by atoms with E-state index >= 15 is 0 Å². The Balaban J connectivity index is -0.000000160. The van der Waals surface area contributed by atoms with Crippen molar-refractivity contribution >= 4 is 12.4 Å². The molecule has 1 aliphatic heterocycles. The van der Waals surface area contributed by atoms with E-state index in [9.17, 15) is 0 Å². The summed E-state index contributed by atoms with van der Waals surface area (Å²) in [6.07, 6.45) is 0.